The molecule has 0 aliphatic rings. The second kappa shape index (κ2) is 11.9. The maximum absolute atomic E-state index is 6.56. The second-order valence-electron chi connectivity index (χ2n) is 15.5. The van der Waals surface area contributed by atoms with Crippen LogP contribution in [0.1, 0.15) is 0 Å². The number of hydrogen-bond donors (Lipinski definition) is 0. The lowest BCUT2D eigenvalue weighted by Crippen LogP contribution is -1.91. The lowest BCUT2D eigenvalue weighted by atomic mass is 9.84. The van der Waals surface area contributed by atoms with Gasteiger partial charge in [0, 0.05) is 21.5 Å². The molecule has 2 heterocycles. The maximum Gasteiger partial charge on any atom is 0.147 e. The van der Waals surface area contributed by atoms with E-state index in [1.54, 1.807) is 0 Å². The zero-order chi connectivity index (χ0) is 37.9. The van der Waals surface area contributed by atoms with Crippen molar-refractivity contribution in [3.63, 3.8) is 0 Å². The van der Waals surface area contributed by atoms with E-state index in [2.05, 4.69) is 182 Å². The molecule has 58 heavy (non-hydrogen) atoms. The van der Waals surface area contributed by atoms with Crippen LogP contribution in [0.4, 0.5) is 0 Å². The Kier molecular flexibility index (Phi) is 6.47. The lowest BCUT2D eigenvalue weighted by Gasteiger charge is -2.19. The van der Waals surface area contributed by atoms with Gasteiger partial charge < -0.3 is 8.83 Å². The van der Waals surface area contributed by atoms with Gasteiger partial charge in [-0.15, -0.1) is 0 Å². The van der Waals surface area contributed by atoms with Crippen LogP contribution in [-0.4, -0.2) is 0 Å². The number of fused-ring (bicyclic) bond motifs is 13. The highest BCUT2D eigenvalue weighted by atomic mass is 16.3. The number of rotatable bonds is 3. The minimum atomic E-state index is 0.841. The molecule has 0 unspecified atom stereocenters. The number of furan rings is 2. The predicted molar refractivity (Wildman–Crippen MR) is 245 cm³/mol. The van der Waals surface area contributed by atoms with Crippen molar-refractivity contribution in [1.29, 1.82) is 0 Å². The number of benzene rings is 11. The fraction of sp³-hybridized carbons (Fsp3) is 0. The molecule has 11 aromatic carbocycles. The smallest absolute Gasteiger partial charge is 0.147 e. The summed E-state index contributed by atoms with van der Waals surface area (Å²) in [7, 11) is 0. The summed E-state index contributed by atoms with van der Waals surface area (Å²) in [5.74, 6) is 0. The third-order valence-corrected chi connectivity index (χ3v) is 12.4. The molecule has 0 radical (unpaired) electrons. The largest absolute Gasteiger partial charge is 0.455 e. The monoisotopic (exact) mass is 736 g/mol. The molecule has 13 aromatic rings. The number of para-hydroxylation sites is 1. The van der Waals surface area contributed by atoms with Crippen molar-refractivity contribution in [1.82, 2.24) is 0 Å². The van der Waals surface area contributed by atoms with Crippen molar-refractivity contribution in [2.24, 2.45) is 0 Å². The van der Waals surface area contributed by atoms with Crippen molar-refractivity contribution in [2.45, 2.75) is 0 Å². The molecular weight excluding hydrogens is 705 g/mol. The summed E-state index contributed by atoms with van der Waals surface area (Å²) in [6, 6.07) is 70.5. The fourth-order valence-electron chi connectivity index (χ4n) is 9.76. The number of hydrogen-bond acceptors (Lipinski definition) is 2. The molecule has 0 spiro atoms. The molecule has 0 saturated heterocycles. The first-order chi connectivity index (χ1) is 28.7. The van der Waals surface area contributed by atoms with E-state index in [9.17, 15) is 0 Å². The molecule has 2 heteroatoms. The van der Waals surface area contributed by atoms with Crippen molar-refractivity contribution < 1.29 is 8.83 Å². The van der Waals surface area contributed by atoms with E-state index in [0.717, 1.165) is 54.6 Å². The van der Waals surface area contributed by atoms with E-state index in [1.165, 1.54) is 76.5 Å². The van der Waals surface area contributed by atoms with Gasteiger partial charge >= 0.3 is 0 Å². The fourth-order valence-corrected chi connectivity index (χ4v) is 9.76. The van der Waals surface area contributed by atoms with E-state index in [4.69, 9.17) is 8.83 Å². The van der Waals surface area contributed by atoms with E-state index in [-0.39, 0.29) is 0 Å². The quantitative estimate of drug-likeness (QED) is 0.169. The molecule has 0 amide bonds. The van der Waals surface area contributed by atoms with Crippen LogP contribution in [0.15, 0.2) is 203 Å². The van der Waals surface area contributed by atoms with Gasteiger partial charge in [-0.2, -0.15) is 0 Å². The van der Waals surface area contributed by atoms with E-state index >= 15 is 0 Å². The average molecular weight is 737 g/mol. The van der Waals surface area contributed by atoms with Crippen LogP contribution in [0.2, 0.25) is 0 Å². The summed E-state index contributed by atoms with van der Waals surface area (Å²) in [5, 5.41) is 16.6. The predicted octanol–water partition coefficient (Wildman–Crippen LogP) is 16.3. The zero-order valence-corrected chi connectivity index (χ0v) is 31.3. The van der Waals surface area contributed by atoms with Gasteiger partial charge in [-0.3, -0.25) is 0 Å². The van der Waals surface area contributed by atoms with Crippen LogP contribution in [0.3, 0.4) is 0 Å². The highest BCUT2D eigenvalue weighted by Crippen LogP contribution is 2.46. The molecule has 2 aromatic heterocycles. The van der Waals surface area contributed by atoms with E-state index < -0.39 is 0 Å². The molecule has 0 atom stereocenters. The molecule has 0 saturated carbocycles. The standard InChI is InChI=1S/C56H32O2/c1-2-12-40-33(10-1)11-9-18-43(40)53-46-16-5-3-14-44(46)52(45-15-4-6-17-47(45)53)39-23-22-35-30-34(20-21-36(35)32-39)37-24-26-41-38(31-37)25-27-49-54-51(58-55(41)49)29-28-48-42-13-7-8-19-50(42)57-56(48)54/h1-32H. The molecule has 0 aliphatic heterocycles. The highest BCUT2D eigenvalue weighted by molar-refractivity contribution is 6.26. The molecule has 0 N–H and O–H groups in total. The minimum absolute atomic E-state index is 0.841. The summed E-state index contributed by atoms with van der Waals surface area (Å²) in [6.45, 7) is 0. The normalized spacial score (nSPS) is 12.1. The highest BCUT2D eigenvalue weighted by Gasteiger charge is 2.20. The zero-order valence-electron chi connectivity index (χ0n) is 31.3. The summed E-state index contributed by atoms with van der Waals surface area (Å²) in [5.41, 5.74) is 10.9. The molecule has 2 nitrogen and oxygen atoms in total. The van der Waals surface area contributed by atoms with Gasteiger partial charge in [0.1, 0.15) is 22.3 Å². The molecule has 0 aliphatic carbocycles. The van der Waals surface area contributed by atoms with Crippen molar-refractivity contribution in [3.8, 4) is 33.4 Å². The van der Waals surface area contributed by atoms with Crippen LogP contribution in [0, 0.1) is 0 Å². The van der Waals surface area contributed by atoms with Crippen LogP contribution >= 0.6 is 0 Å². The summed E-state index contributed by atoms with van der Waals surface area (Å²) < 4.78 is 13.0. The Labute approximate surface area is 332 Å². The SMILES string of the molecule is c1ccc2c(-c3c4ccccc4c(-c4ccc5cc(-c6ccc7c(ccc8c7oc7ccc9c%10ccccc%10oc9c78)c6)ccc5c4)c4ccccc34)cccc2c1. The topological polar surface area (TPSA) is 26.3 Å². The van der Waals surface area contributed by atoms with E-state index in [1.807, 2.05) is 12.1 Å². The van der Waals surface area contributed by atoms with Gasteiger partial charge in [0.15, 0.2) is 0 Å². The van der Waals surface area contributed by atoms with E-state index in [0.29, 0.717) is 0 Å². The maximum atomic E-state index is 6.56. The Morgan fingerprint density at radius 2 is 0.793 bits per heavy atom. The molecule has 0 fully saturated rings. The van der Waals surface area contributed by atoms with Crippen molar-refractivity contribution >= 4 is 97.7 Å². The first-order valence-electron chi connectivity index (χ1n) is 19.9. The Hall–Kier alpha value is -7.68. The Bertz CT molecular complexity index is 3800. The molecule has 0 bridgehead atoms. The summed E-state index contributed by atoms with van der Waals surface area (Å²) in [4.78, 5) is 0. The Morgan fingerprint density at radius 3 is 1.57 bits per heavy atom. The van der Waals surface area contributed by atoms with Gasteiger partial charge in [0.2, 0.25) is 0 Å². The van der Waals surface area contributed by atoms with Gasteiger partial charge in [0.05, 0.1) is 5.39 Å². The Morgan fingerprint density at radius 1 is 0.259 bits per heavy atom. The van der Waals surface area contributed by atoms with Crippen LogP contribution in [0.5, 0.6) is 0 Å². The minimum Gasteiger partial charge on any atom is -0.455 e. The van der Waals surface area contributed by atoms with Gasteiger partial charge in [-0.1, -0.05) is 146 Å². The van der Waals surface area contributed by atoms with Crippen LogP contribution in [0.25, 0.3) is 131 Å². The lowest BCUT2D eigenvalue weighted by molar-refractivity contribution is 0.665. The van der Waals surface area contributed by atoms with Crippen LogP contribution < -0.4 is 0 Å². The van der Waals surface area contributed by atoms with Gasteiger partial charge in [-0.05, 0) is 130 Å². The van der Waals surface area contributed by atoms with Gasteiger partial charge in [-0.25, -0.2) is 0 Å². The first kappa shape index (κ1) is 31.5. The third-order valence-electron chi connectivity index (χ3n) is 12.4. The summed E-state index contributed by atoms with van der Waals surface area (Å²) >= 11 is 0. The molecule has 13 rings (SSSR count). The van der Waals surface area contributed by atoms with Crippen molar-refractivity contribution in [2.75, 3.05) is 0 Å². The van der Waals surface area contributed by atoms with Gasteiger partial charge in [0.25, 0.3) is 0 Å². The second-order valence-corrected chi connectivity index (χ2v) is 15.5. The first-order valence-corrected chi connectivity index (χ1v) is 19.9. The Balaban J connectivity index is 0.925. The third kappa shape index (κ3) is 4.48. The molecule has 268 valence electrons. The van der Waals surface area contributed by atoms with Crippen molar-refractivity contribution in [3.05, 3.63) is 194 Å². The average Bonchev–Trinajstić information content (AvgIpc) is 3.86. The molecular formula is C56H32O2. The summed E-state index contributed by atoms with van der Waals surface area (Å²) in [6.07, 6.45) is 0. The van der Waals surface area contributed by atoms with Crippen LogP contribution in [-0.2, 0) is 0 Å².